The zero-order valence-corrected chi connectivity index (χ0v) is 16.1. The van der Waals surface area contributed by atoms with Gasteiger partial charge in [-0.2, -0.15) is 0 Å². The van der Waals surface area contributed by atoms with Crippen LogP contribution >= 0.6 is 0 Å². The Morgan fingerprint density at radius 2 is 1.76 bits per heavy atom. The van der Waals surface area contributed by atoms with E-state index in [4.69, 9.17) is 4.74 Å². The molecular formula is C22H23N5O2. The molecule has 3 aromatic rings. The van der Waals surface area contributed by atoms with Crippen molar-refractivity contribution >= 4 is 5.91 Å². The SMILES string of the molecule is O=C(c1cc(OCc2ccccc2)ncn1)N1CCN(Cc2cccnc2)CC1. The van der Waals surface area contributed by atoms with Gasteiger partial charge in [-0.15, -0.1) is 0 Å². The summed E-state index contributed by atoms with van der Waals surface area (Å²) in [5, 5.41) is 0. The molecule has 1 aliphatic rings. The van der Waals surface area contributed by atoms with Crippen LogP contribution in [0.4, 0.5) is 0 Å². The van der Waals surface area contributed by atoms with Crippen molar-refractivity contribution in [3.05, 3.63) is 84.1 Å². The molecule has 0 radical (unpaired) electrons. The van der Waals surface area contributed by atoms with Crippen LogP contribution in [0.2, 0.25) is 0 Å². The van der Waals surface area contributed by atoms with Crippen LogP contribution in [0.25, 0.3) is 0 Å². The normalized spacial score (nSPS) is 14.6. The summed E-state index contributed by atoms with van der Waals surface area (Å²) in [5.41, 5.74) is 2.59. The zero-order chi connectivity index (χ0) is 19.9. The molecule has 0 unspecified atom stereocenters. The molecule has 0 saturated carbocycles. The molecule has 2 aromatic heterocycles. The first kappa shape index (κ1) is 19.0. The van der Waals surface area contributed by atoms with Gasteiger partial charge in [0.15, 0.2) is 0 Å². The van der Waals surface area contributed by atoms with Gasteiger partial charge in [-0.1, -0.05) is 36.4 Å². The average molecular weight is 389 g/mol. The van der Waals surface area contributed by atoms with E-state index in [9.17, 15) is 4.79 Å². The van der Waals surface area contributed by atoms with Crippen molar-refractivity contribution in [1.29, 1.82) is 0 Å². The van der Waals surface area contributed by atoms with Crippen molar-refractivity contribution < 1.29 is 9.53 Å². The molecular weight excluding hydrogens is 366 g/mol. The number of benzene rings is 1. The molecule has 0 spiro atoms. The third-order valence-corrected chi connectivity index (χ3v) is 4.88. The van der Waals surface area contributed by atoms with Gasteiger partial charge in [0.05, 0.1) is 0 Å². The molecule has 148 valence electrons. The van der Waals surface area contributed by atoms with Gasteiger partial charge in [0.1, 0.15) is 18.6 Å². The van der Waals surface area contributed by atoms with Crippen molar-refractivity contribution in [3.8, 4) is 5.88 Å². The van der Waals surface area contributed by atoms with Crippen LogP contribution in [0.3, 0.4) is 0 Å². The van der Waals surface area contributed by atoms with Gasteiger partial charge >= 0.3 is 0 Å². The molecule has 1 saturated heterocycles. The van der Waals surface area contributed by atoms with E-state index < -0.39 is 0 Å². The maximum absolute atomic E-state index is 12.8. The minimum Gasteiger partial charge on any atom is -0.473 e. The second kappa shape index (κ2) is 9.25. The molecule has 0 bridgehead atoms. The Hall–Kier alpha value is -3.32. The number of pyridine rings is 1. The third kappa shape index (κ3) is 5.14. The van der Waals surface area contributed by atoms with Gasteiger partial charge in [-0.25, -0.2) is 9.97 Å². The molecule has 0 atom stereocenters. The number of piperazine rings is 1. The summed E-state index contributed by atoms with van der Waals surface area (Å²) in [6, 6.07) is 15.5. The summed E-state index contributed by atoms with van der Waals surface area (Å²) in [5.74, 6) is 0.320. The molecule has 0 N–H and O–H groups in total. The minimum atomic E-state index is -0.0852. The van der Waals surface area contributed by atoms with E-state index in [2.05, 4.69) is 25.9 Å². The standard InChI is InChI=1S/C22H23N5O2/c28-22(27-11-9-26(10-12-27)15-19-7-4-8-23-14-19)20-13-21(25-17-24-20)29-16-18-5-2-1-3-6-18/h1-8,13-14,17H,9-12,15-16H2. The van der Waals surface area contributed by atoms with Crippen LogP contribution in [-0.2, 0) is 13.2 Å². The molecule has 0 aliphatic carbocycles. The fourth-order valence-electron chi connectivity index (χ4n) is 3.29. The second-order valence-corrected chi connectivity index (χ2v) is 6.95. The maximum Gasteiger partial charge on any atom is 0.272 e. The van der Waals surface area contributed by atoms with Gasteiger partial charge in [-0.05, 0) is 17.2 Å². The average Bonchev–Trinajstić information content (AvgIpc) is 2.79. The highest BCUT2D eigenvalue weighted by Crippen LogP contribution is 2.14. The Bertz CT molecular complexity index is 928. The summed E-state index contributed by atoms with van der Waals surface area (Å²) in [7, 11) is 0. The molecule has 3 heterocycles. The van der Waals surface area contributed by atoms with Crippen molar-refractivity contribution in [2.24, 2.45) is 0 Å². The first-order valence-electron chi connectivity index (χ1n) is 9.67. The number of amides is 1. The lowest BCUT2D eigenvalue weighted by Gasteiger charge is -2.34. The van der Waals surface area contributed by atoms with Crippen LogP contribution in [0.1, 0.15) is 21.6 Å². The number of rotatable bonds is 6. The van der Waals surface area contributed by atoms with Crippen LogP contribution in [0.15, 0.2) is 67.3 Å². The summed E-state index contributed by atoms with van der Waals surface area (Å²) in [4.78, 5) is 29.4. The van der Waals surface area contributed by atoms with E-state index in [1.807, 2.05) is 47.5 Å². The largest absolute Gasteiger partial charge is 0.473 e. The van der Waals surface area contributed by atoms with Crippen molar-refractivity contribution in [2.75, 3.05) is 26.2 Å². The number of carbonyl (C=O) groups excluding carboxylic acids is 1. The molecule has 29 heavy (non-hydrogen) atoms. The number of nitrogens with zero attached hydrogens (tertiary/aromatic N) is 5. The summed E-state index contributed by atoms with van der Waals surface area (Å²) in [6.07, 6.45) is 5.04. The second-order valence-electron chi connectivity index (χ2n) is 6.95. The van der Waals surface area contributed by atoms with Gasteiger partial charge in [0, 0.05) is 51.2 Å². The molecule has 1 aliphatic heterocycles. The van der Waals surface area contributed by atoms with Gasteiger partial charge < -0.3 is 9.64 Å². The van der Waals surface area contributed by atoms with E-state index in [0.717, 1.165) is 25.2 Å². The van der Waals surface area contributed by atoms with Gasteiger partial charge in [0.2, 0.25) is 5.88 Å². The molecule has 7 nitrogen and oxygen atoms in total. The van der Waals surface area contributed by atoms with Gasteiger partial charge in [0.25, 0.3) is 5.91 Å². The third-order valence-electron chi connectivity index (χ3n) is 4.88. The van der Waals surface area contributed by atoms with E-state index in [0.29, 0.717) is 31.3 Å². The van der Waals surface area contributed by atoms with Crippen molar-refractivity contribution in [1.82, 2.24) is 24.8 Å². The van der Waals surface area contributed by atoms with E-state index >= 15 is 0 Å². The summed E-state index contributed by atoms with van der Waals surface area (Å²) in [6.45, 7) is 4.23. The van der Waals surface area contributed by atoms with Crippen LogP contribution < -0.4 is 4.74 Å². The summed E-state index contributed by atoms with van der Waals surface area (Å²) >= 11 is 0. The van der Waals surface area contributed by atoms with Gasteiger partial charge in [-0.3, -0.25) is 14.7 Å². The quantitative estimate of drug-likeness (QED) is 0.645. The highest BCUT2D eigenvalue weighted by Gasteiger charge is 2.23. The fraction of sp³-hybridized carbons (Fsp3) is 0.273. The van der Waals surface area contributed by atoms with E-state index in [1.165, 1.54) is 11.9 Å². The monoisotopic (exact) mass is 389 g/mol. The Morgan fingerprint density at radius 1 is 0.966 bits per heavy atom. The highest BCUT2D eigenvalue weighted by molar-refractivity contribution is 5.92. The summed E-state index contributed by atoms with van der Waals surface area (Å²) < 4.78 is 5.72. The smallest absolute Gasteiger partial charge is 0.272 e. The lowest BCUT2D eigenvalue weighted by Crippen LogP contribution is -2.48. The van der Waals surface area contributed by atoms with E-state index in [-0.39, 0.29) is 5.91 Å². The first-order valence-corrected chi connectivity index (χ1v) is 9.67. The first-order chi connectivity index (χ1) is 14.3. The number of ether oxygens (including phenoxy) is 1. The van der Waals surface area contributed by atoms with Crippen LogP contribution in [0, 0.1) is 0 Å². The topological polar surface area (TPSA) is 71.5 Å². The lowest BCUT2D eigenvalue weighted by atomic mass is 10.2. The number of carbonyl (C=O) groups is 1. The Labute approximate surface area is 170 Å². The Morgan fingerprint density at radius 3 is 2.52 bits per heavy atom. The minimum absolute atomic E-state index is 0.0852. The van der Waals surface area contributed by atoms with Crippen molar-refractivity contribution in [2.45, 2.75) is 13.2 Å². The maximum atomic E-state index is 12.8. The Balaban J connectivity index is 1.31. The number of hydrogen-bond acceptors (Lipinski definition) is 6. The fourth-order valence-corrected chi connectivity index (χ4v) is 3.29. The zero-order valence-electron chi connectivity index (χ0n) is 16.1. The number of hydrogen-bond donors (Lipinski definition) is 0. The molecule has 1 fully saturated rings. The molecule has 4 rings (SSSR count). The van der Waals surface area contributed by atoms with Crippen molar-refractivity contribution in [3.63, 3.8) is 0 Å². The predicted octanol–water partition coefficient (Wildman–Crippen LogP) is 2.41. The number of aromatic nitrogens is 3. The van der Waals surface area contributed by atoms with Crippen LogP contribution in [-0.4, -0.2) is 56.8 Å². The van der Waals surface area contributed by atoms with E-state index in [1.54, 1.807) is 12.3 Å². The lowest BCUT2D eigenvalue weighted by molar-refractivity contribution is 0.0621. The predicted molar refractivity (Wildman–Crippen MR) is 108 cm³/mol. The highest BCUT2D eigenvalue weighted by atomic mass is 16.5. The molecule has 1 amide bonds. The Kier molecular flexibility index (Phi) is 6.07. The van der Waals surface area contributed by atoms with Crippen LogP contribution in [0.5, 0.6) is 5.88 Å². The molecule has 1 aromatic carbocycles. The molecule has 7 heteroatoms.